The lowest BCUT2D eigenvalue weighted by atomic mass is 9.84. The Hall–Kier alpha value is -4.10. The van der Waals surface area contributed by atoms with Crippen LogP contribution in [-0.4, -0.2) is 0 Å². The molecular weight excluding hydrogens is 412 g/mol. The van der Waals surface area contributed by atoms with E-state index in [1.165, 1.54) is 59.8 Å². The van der Waals surface area contributed by atoms with Crippen LogP contribution in [0, 0.1) is 0 Å². The maximum Gasteiger partial charge on any atom is 0.136 e. The molecule has 1 aromatic heterocycles. The highest BCUT2D eigenvalue weighted by molar-refractivity contribution is 6.17. The Morgan fingerprint density at radius 3 is 1.71 bits per heavy atom. The van der Waals surface area contributed by atoms with Crippen molar-refractivity contribution >= 4 is 54.3 Å². The van der Waals surface area contributed by atoms with E-state index in [1.54, 1.807) is 0 Å². The fourth-order valence-corrected chi connectivity index (χ4v) is 5.71. The summed E-state index contributed by atoms with van der Waals surface area (Å²) in [6.45, 7) is 4.59. The molecule has 1 nitrogen and oxygen atoms in total. The van der Waals surface area contributed by atoms with Crippen LogP contribution in [0.3, 0.4) is 0 Å². The lowest BCUT2D eigenvalue weighted by molar-refractivity contribution is 0.669. The average Bonchev–Trinajstić information content (AvgIpc) is 3.22. The first-order valence-electron chi connectivity index (χ1n) is 12.0. The summed E-state index contributed by atoms with van der Waals surface area (Å²) in [4.78, 5) is 0. The Bertz CT molecular complexity index is 1830. The molecule has 1 heteroatoms. The maximum atomic E-state index is 6.28. The van der Waals surface area contributed by atoms with Crippen LogP contribution in [0.25, 0.3) is 65.4 Å². The highest BCUT2D eigenvalue weighted by atomic mass is 16.3. The molecule has 0 saturated carbocycles. The minimum Gasteiger partial charge on any atom is -0.456 e. The average molecular weight is 437 g/mol. The molecule has 0 aliphatic heterocycles. The van der Waals surface area contributed by atoms with Crippen molar-refractivity contribution in [1.29, 1.82) is 0 Å². The summed E-state index contributed by atoms with van der Waals surface area (Å²) in [6.07, 6.45) is 0. The molecule has 0 radical (unpaired) electrons. The third-order valence-corrected chi connectivity index (χ3v) is 7.18. The van der Waals surface area contributed by atoms with Crippen LogP contribution in [0.2, 0.25) is 0 Å². The molecule has 0 amide bonds. The molecule has 0 fully saturated rings. The lowest BCUT2D eigenvalue weighted by Gasteiger charge is -2.19. The van der Waals surface area contributed by atoms with E-state index in [0.717, 1.165) is 11.2 Å². The molecule has 0 atom stereocenters. The third-order valence-electron chi connectivity index (χ3n) is 7.18. The number of hydrogen-bond acceptors (Lipinski definition) is 1. The molecule has 0 aliphatic rings. The Morgan fingerprint density at radius 1 is 0.500 bits per heavy atom. The van der Waals surface area contributed by atoms with Gasteiger partial charge in [0, 0.05) is 10.8 Å². The molecule has 0 spiro atoms. The van der Waals surface area contributed by atoms with Crippen LogP contribution < -0.4 is 0 Å². The van der Waals surface area contributed by atoms with Crippen molar-refractivity contribution in [2.45, 2.75) is 19.8 Å². The molecule has 1 heterocycles. The standard InChI is InChI=1S/C33H24O/c1-20(2)32-24-11-5-7-13-26(24)33(27-14-8-6-12-25(27)32)23-15-16-30-28(18-23)29-17-21-9-3-4-10-22(21)19-31(29)34-30/h3-20H,1-2H3. The largest absolute Gasteiger partial charge is 0.456 e. The van der Waals surface area contributed by atoms with Crippen molar-refractivity contribution in [3.8, 4) is 11.1 Å². The number of benzene rings is 6. The first-order chi connectivity index (χ1) is 16.7. The van der Waals surface area contributed by atoms with Crippen molar-refractivity contribution in [3.63, 3.8) is 0 Å². The summed E-state index contributed by atoms with van der Waals surface area (Å²) >= 11 is 0. The van der Waals surface area contributed by atoms with Gasteiger partial charge in [0.15, 0.2) is 0 Å². The SMILES string of the molecule is CC(C)c1c2ccccc2c(-c2ccc3oc4cc5ccccc5cc4c3c2)c2ccccc12. The summed E-state index contributed by atoms with van der Waals surface area (Å²) < 4.78 is 6.28. The van der Waals surface area contributed by atoms with Gasteiger partial charge in [-0.3, -0.25) is 0 Å². The van der Waals surface area contributed by atoms with E-state index in [2.05, 4.69) is 117 Å². The fourth-order valence-electron chi connectivity index (χ4n) is 5.71. The summed E-state index contributed by atoms with van der Waals surface area (Å²) in [7, 11) is 0. The van der Waals surface area contributed by atoms with E-state index in [-0.39, 0.29) is 0 Å². The zero-order valence-electron chi connectivity index (χ0n) is 19.3. The normalized spacial score (nSPS) is 12.1. The highest BCUT2D eigenvalue weighted by Crippen LogP contribution is 2.43. The van der Waals surface area contributed by atoms with Crippen LogP contribution >= 0.6 is 0 Å². The van der Waals surface area contributed by atoms with Gasteiger partial charge >= 0.3 is 0 Å². The highest BCUT2D eigenvalue weighted by Gasteiger charge is 2.18. The number of rotatable bonds is 2. The minimum absolute atomic E-state index is 0.442. The van der Waals surface area contributed by atoms with E-state index in [4.69, 9.17) is 4.42 Å². The summed E-state index contributed by atoms with van der Waals surface area (Å²) in [5.41, 5.74) is 5.83. The predicted molar refractivity (Wildman–Crippen MR) is 146 cm³/mol. The molecule has 0 saturated heterocycles. The van der Waals surface area contributed by atoms with Crippen LogP contribution in [0.5, 0.6) is 0 Å². The van der Waals surface area contributed by atoms with E-state index >= 15 is 0 Å². The first-order valence-corrected chi connectivity index (χ1v) is 12.0. The van der Waals surface area contributed by atoms with Crippen LogP contribution in [0.15, 0.2) is 108 Å². The smallest absolute Gasteiger partial charge is 0.136 e. The first kappa shape index (κ1) is 19.4. The second kappa shape index (κ2) is 7.20. The van der Waals surface area contributed by atoms with Gasteiger partial charge < -0.3 is 4.42 Å². The van der Waals surface area contributed by atoms with Crippen molar-refractivity contribution in [3.05, 3.63) is 109 Å². The van der Waals surface area contributed by atoms with Crippen molar-refractivity contribution in [2.24, 2.45) is 0 Å². The van der Waals surface area contributed by atoms with Crippen LogP contribution in [-0.2, 0) is 0 Å². The van der Waals surface area contributed by atoms with Gasteiger partial charge in [0.25, 0.3) is 0 Å². The molecule has 0 bridgehead atoms. The van der Waals surface area contributed by atoms with Crippen molar-refractivity contribution < 1.29 is 4.42 Å². The number of hydrogen-bond donors (Lipinski definition) is 0. The van der Waals surface area contributed by atoms with Crippen LogP contribution in [0.1, 0.15) is 25.3 Å². The summed E-state index contributed by atoms with van der Waals surface area (Å²) in [5, 5.41) is 10.1. The molecule has 0 aliphatic carbocycles. The topological polar surface area (TPSA) is 13.1 Å². The van der Waals surface area contributed by atoms with Gasteiger partial charge in [-0.15, -0.1) is 0 Å². The van der Waals surface area contributed by atoms with Crippen molar-refractivity contribution in [2.75, 3.05) is 0 Å². The number of fused-ring (bicyclic) bond motifs is 6. The van der Waals surface area contributed by atoms with E-state index in [1.807, 2.05) is 0 Å². The quantitative estimate of drug-likeness (QED) is 0.246. The Balaban J connectivity index is 1.60. The van der Waals surface area contributed by atoms with Gasteiger partial charge in [-0.25, -0.2) is 0 Å². The Morgan fingerprint density at radius 2 is 1.06 bits per heavy atom. The molecule has 7 rings (SSSR count). The minimum atomic E-state index is 0.442. The van der Waals surface area contributed by atoms with Crippen molar-refractivity contribution in [1.82, 2.24) is 0 Å². The Labute approximate surface area is 198 Å². The van der Waals surface area contributed by atoms with E-state index in [0.29, 0.717) is 5.92 Å². The monoisotopic (exact) mass is 436 g/mol. The molecule has 162 valence electrons. The molecule has 7 aromatic rings. The zero-order chi connectivity index (χ0) is 22.8. The maximum absolute atomic E-state index is 6.28. The van der Waals surface area contributed by atoms with Gasteiger partial charge in [0.1, 0.15) is 11.2 Å². The van der Waals surface area contributed by atoms with Gasteiger partial charge in [0.2, 0.25) is 0 Å². The fraction of sp³-hybridized carbons (Fsp3) is 0.0909. The van der Waals surface area contributed by atoms with Gasteiger partial charge in [-0.05, 0) is 79.2 Å². The molecule has 6 aromatic carbocycles. The molecule has 0 N–H and O–H groups in total. The molecule has 34 heavy (non-hydrogen) atoms. The van der Waals surface area contributed by atoms with Gasteiger partial charge in [-0.1, -0.05) is 92.7 Å². The second-order valence-corrected chi connectivity index (χ2v) is 9.54. The Kier molecular flexibility index (Phi) is 4.10. The van der Waals surface area contributed by atoms with Crippen LogP contribution in [0.4, 0.5) is 0 Å². The van der Waals surface area contributed by atoms with E-state index in [9.17, 15) is 0 Å². The predicted octanol–water partition coefficient (Wildman–Crippen LogP) is 9.84. The lowest BCUT2D eigenvalue weighted by Crippen LogP contribution is -1.95. The zero-order valence-corrected chi connectivity index (χ0v) is 19.3. The third kappa shape index (κ3) is 2.74. The molecular formula is C33H24O. The summed E-state index contributed by atoms with van der Waals surface area (Å²) in [5.74, 6) is 0.442. The summed E-state index contributed by atoms with van der Waals surface area (Å²) in [6, 6.07) is 37.3. The molecule has 0 unspecified atom stereocenters. The van der Waals surface area contributed by atoms with Gasteiger partial charge in [-0.2, -0.15) is 0 Å². The number of furan rings is 1. The second-order valence-electron chi connectivity index (χ2n) is 9.54. The van der Waals surface area contributed by atoms with E-state index < -0.39 is 0 Å². The van der Waals surface area contributed by atoms with Gasteiger partial charge in [0.05, 0.1) is 0 Å².